The lowest BCUT2D eigenvalue weighted by molar-refractivity contribution is -0.124. The fourth-order valence-corrected chi connectivity index (χ4v) is 2.77. The van der Waals surface area contributed by atoms with Gasteiger partial charge in [0.2, 0.25) is 5.91 Å². The van der Waals surface area contributed by atoms with Crippen LogP contribution in [0.25, 0.3) is 0 Å². The molecule has 0 aliphatic carbocycles. The highest BCUT2D eigenvalue weighted by atomic mass is 79.9. The van der Waals surface area contributed by atoms with Crippen LogP contribution >= 0.6 is 15.9 Å². The van der Waals surface area contributed by atoms with E-state index in [9.17, 15) is 4.79 Å². The molecule has 4 heteroatoms. The number of halogens is 1. The molecule has 0 aliphatic heterocycles. The minimum atomic E-state index is -0.446. The Bertz CT molecular complexity index is 723. The van der Waals surface area contributed by atoms with Gasteiger partial charge in [-0.2, -0.15) is 0 Å². The first-order valence-electron chi connectivity index (χ1n) is 8.55. The number of benzene rings is 2. The Labute approximate surface area is 158 Å². The summed E-state index contributed by atoms with van der Waals surface area (Å²) in [7, 11) is 0. The highest BCUT2D eigenvalue weighted by Crippen LogP contribution is 2.26. The molecule has 2 aromatic carbocycles. The normalized spacial score (nSPS) is 11.2. The number of hydrogen-bond acceptors (Lipinski definition) is 2. The molecule has 2 aromatic rings. The van der Waals surface area contributed by atoms with Crippen molar-refractivity contribution in [3.05, 3.63) is 58.1 Å². The summed E-state index contributed by atoms with van der Waals surface area (Å²) in [5, 5.41) is 2.98. The standard InChI is InChI=1S/C21H26BrNO2/c1-15-6-7-16(2)19(14-15)25-13-5-12-21(3,4)20(24)23-18-10-8-17(22)9-11-18/h6-11,14H,5,12-13H2,1-4H3,(H,23,24). The second kappa shape index (κ2) is 8.52. The van der Waals surface area contributed by atoms with Crippen LogP contribution in [0.2, 0.25) is 0 Å². The Hall–Kier alpha value is -1.81. The number of amides is 1. The van der Waals surface area contributed by atoms with Gasteiger partial charge >= 0.3 is 0 Å². The van der Waals surface area contributed by atoms with Gasteiger partial charge in [-0.15, -0.1) is 0 Å². The molecule has 1 amide bonds. The topological polar surface area (TPSA) is 38.3 Å². The molecule has 0 aliphatic rings. The van der Waals surface area contributed by atoms with Crippen LogP contribution in [0, 0.1) is 19.3 Å². The second-order valence-corrected chi connectivity index (χ2v) is 7.98. The van der Waals surface area contributed by atoms with E-state index < -0.39 is 5.41 Å². The zero-order valence-electron chi connectivity index (χ0n) is 15.4. The molecule has 0 heterocycles. The molecule has 0 spiro atoms. The Morgan fingerprint density at radius 1 is 1.12 bits per heavy atom. The maximum atomic E-state index is 12.5. The molecule has 0 unspecified atom stereocenters. The molecule has 0 atom stereocenters. The molecule has 0 fully saturated rings. The van der Waals surface area contributed by atoms with Gasteiger partial charge in [-0.05, 0) is 68.1 Å². The Balaban J connectivity index is 1.82. The lowest BCUT2D eigenvalue weighted by atomic mass is 9.87. The van der Waals surface area contributed by atoms with E-state index in [-0.39, 0.29) is 5.91 Å². The molecule has 1 N–H and O–H groups in total. The molecular weight excluding hydrogens is 378 g/mol. The predicted molar refractivity (Wildman–Crippen MR) is 107 cm³/mol. The van der Waals surface area contributed by atoms with Crippen molar-refractivity contribution in [1.29, 1.82) is 0 Å². The van der Waals surface area contributed by atoms with Crippen molar-refractivity contribution in [2.24, 2.45) is 5.41 Å². The van der Waals surface area contributed by atoms with Crippen molar-refractivity contribution in [3.8, 4) is 5.75 Å². The monoisotopic (exact) mass is 403 g/mol. The minimum absolute atomic E-state index is 0.0292. The number of hydrogen-bond donors (Lipinski definition) is 1. The van der Waals surface area contributed by atoms with Gasteiger partial charge in [0, 0.05) is 15.6 Å². The summed E-state index contributed by atoms with van der Waals surface area (Å²) in [6.45, 7) is 8.66. The Morgan fingerprint density at radius 3 is 2.48 bits per heavy atom. The van der Waals surface area contributed by atoms with Crippen molar-refractivity contribution in [2.75, 3.05) is 11.9 Å². The predicted octanol–water partition coefficient (Wildman–Crippen LogP) is 5.89. The van der Waals surface area contributed by atoms with Gasteiger partial charge in [-0.3, -0.25) is 4.79 Å². The lowest BCUT2D eigenvalue weighted by Gasteiger charge is -2.23. The van der Waals surface area contributed by atoms with Gasteiger partial charge in [0.1, 0.15) is 5.75 Å². The summed E-state index contributed by atoms with van der Waals surface area (Å²) in [4.78, 5) is 12.5. The second-order valence-electron chi connectivity index (χ2n) is 7.07. The van der Waals surface area contributed by atoms with E-state index in [2.05, 4.69) is 46.4 Å². The highest BCUT2D eigenvalue weighted by Gasteiger charge is 2.27. The highest BCUT2D eigenvalue weighted by molar-refractivity contribution is 9.10. The van der Waals surface area contributed by atoms with Crippen LogP contribution in [0.5, 0.6) is 5.75 Å². The third-order valence-electron chi connectivity index (χ3n) is 4.26. The number of carbonyl (C=O) groups excluding carboxylic acids is 1. The first-order chi connectivity index (χ1) is 11.8. The Kier molecular flexibility index (Phi) is 6.65. The molecule has 0 saturated heterocycles. The third kappa shape index (κ3) is 5.89. The number of nitrogens with one attached hydrogen (secondary N) is 1. The van der Waals surface area contributed by atoms with Crippen molar-refractivity contribution in [3.63, 3.8) is 0 Å². The smallest absolute Gasteiger partial charge is 0.230 e. The quantitative estimate of drug-likeness (QED) is 0.585. The van der Waals surface area contributed by atoms with Crippen molar-refractivity contribution in [2.45, 2.75) is 40.5 Å². The van der Waals surface area contributed by atoms with E-state index in [1.807, 2.05) is 45.0 Å². The summed E-state index contributed by atoms with van der Waals surface area (Å²) < 4.78 is 6.88. The van der Waals surface area contributed by atoms with Crippen LogP contribution in [0.4, 0.5) is 5.69 Å². The van der Waals surface area contributed by atoms with Crippen LogP contribution in [0.15, 0.2) is 46.9 Å². The van der Waals surface area contributed by atoms with E-state index in [0.717, 1.165) is 34.3 Å². The fraction of sp³-hybridized carbons (Fsp3) is 0.381. The molecule has 0 aromatic heterocycles. The molecule has 3 nitrogen and oxygen atoms in total. The lowest BCUT2D eigenvalue weighted by Crippen LogP contribution is -2.31. The van der Waals surface area contributed by atoms with Crippen LogP contribution in [-0.4, -0.2) is 12.5 Å². The minimum Gasteiger partial charge on any atom is -0.493 e. The molecule has 0 bridgehead atoms. The molecule has 0 radical (unpaired) electrons. The van der Waals surface area contributed by atoms with E-state index in [0.29, 0.717) is 6.61 Å². The number of carbonyl (C=O) groups is 1. The number of aryl methyl sites for hydroxylation is 2. The first-order valence-corrected chi connectivity index (χ1v) is 9.34. The van der Waals surface area contributed by atoms with Gasteiger partial charge in [0.25, 0.3) is 0 Å². The SMILES string of the molecule is Cc1ccc(C)c(OCCCC(C)(C)C(=O)Nc2ccc(Br)cc2)c1. The van der Waals surface area contributed by atoms with Gasteiger partial charge in [-0.1, -0.05) is 41.9 Å². The van der Waals surface area contributed by atoms with Crippen LogP contribution < -0.4 is 10.1 Å². The summed E-state index contributed by atoms with van der Waals surface area (Å²) in [6, 6.07) is 13.8. The zero-order valence-corrected chi connectivity index (χ0v) is 16.9. The third-order valence-corrected chi connectivity index (χ3v) is 4.79. The van der Waals surface area contributed by atoms with Crippen molar-refractivity contribution in [1.82, 2.24) is 0 Å². The largest absolute Gasteiger partial charge is 0.493 e. The van der Waals surface area contributed by atoms with E-state index in [4.69, 9.17) is 4.74 Å². The number of anilines is 1. The Morgan fingerprint density at radius 2 is 1.80 bits per heavy atom. The maximum Gasteiger partial charge on any atom is 0.230 e. The molecule has 25 heavy (non-hydrogen) atoms. The van der Waals surface area contributed by atoms with Crippen molar-refractivity contribution < 1.29 is 9.53 Å². The molecule has 134 valence electrons. The van der Waals surface area contributed by atoms with E-state index in [1.165, 1.54) is 5.56 Å². The summed E-state index contributed by atoms with van der Waals surface area (Å²) in [6.07, 6.45) is 1.59. The zero-order chi connectivity index (χ0) is 18.4. The van der Waals surface area contributed by atoms with Crippen LogP contribution in [-0.2, 0) is 4.79 Å². The van der Waals surface area contributed by atoms with Gasteiger partial charge in [0.15, 0.2) is 0 Å². The van der Waals surface area contributed by atoms with Crippen molar-refractivity contribution >= 4 is 27.5 Å². The summed E-state index contributed by atoms with van der Waals surface area (Å²) in [5.41, 5.74) is 2.69. The molecule has 2 rings (SSSR count). The molecule has 0 saturated carbocycles. The van der Waals surface area contributed by atoms with Crippen LogP contribution in [0.3, 0.4) is 0 Å². The average molecular weight is 404 g/mol. The van der Waals surface area contributed by atoms with Gasteiger partial charge in [-0.25, -0.2) is 0 Å². The number of rotatable bonds is 7. The molecular formula is C21H26BrNO2. The van der Waals surface area contributed by atoms with E-state index >= 15 is 0 Å². The van der Waals surface area contributed by atoms with E-state index in [1.54, 1.807) is 0 Å². The van der Waals surface area contributed by atoms with Crippen LogP contribution in [0.1, 0.15) is 37.8 Å². The van der Waals surface area contributed by atoms with Gasteiger partial charge < -0.3 is 10.1 Å². The maximum absolute atomic E-state index is 12.5. The average Bonchev–Trinajstić information content (AvgIpc) is 2.56. The van der Waals surface area contributed by atoms with Gasteiger partial charge in [0.05, 0.1) is 6.61 Å². The fourth-order valence-electron chi connectivity index (χ4n) is 2.51. The number of ether oxygens (including phenoxy) is 1. The summed E-state index contributed by atoms with van der Waals surface area (Å²) in [5.74, 6) is 0.957. The first kappa shape index (κ1) is 19.5. The summed E-state index contributed by atoms with van der Waals surface area (Å²) >= 11 is 3.40.